The number of carbonyl (C=O) groups is 1. The molecule has 0 radical (unpaired) electrons. The number of rotatable bonds is 5. The Hall–Kier alpha value is -1.81. The first kappa shape index (κ1) is 17.0. The Morgan fingerprint density at radius 2 is 1.92 bits per heavy atom. The summed E-state index contributed by atoms with van der Waals surface area (Å²) in [6.07, 6.45) is 0. The molecule has 0 bridgehead atoms. The number of carbonyl (C=O) groups excluding carboxylic acids is 1. The first-order valence-corrected chi connectivity index (χ1v) is 8.97. The molecule has 1 aliphatic carbocycles. The minimum absolute atomic E-state index is 0.0209. The van der Waals surface area contributed by atoms with Gasteiger partial charge in [-0.2, -0.15) is 0 Å². The van der Waals surface area contributed by atoms with Crippen LogP contribution in [-0.2, 0) is 15.3 Å². The quantitative estimate of drug-likeness (QED) is 0.562. The van der Waals surface area contributed by atoms with Gasteiger partial charge in [-0.05, 0) is 28.7 Å². The van der Waals surface area contributed by atoms with Crippen molar-refractivity contribution in [3.8, 4) is 0 Å². The lowest BCUT2D eigenvalue weighted by Crippen LogP contribution is -2.07. The van der Waals surface area contributed by atoms with Crippen molar-refractivity contribution in [3.05, 3.63) is 65.5 Å². The molecule has 0 aliphatic heterocycles. The average molecular weight is 344 g/mol. The van der Waals surface area contributed by atoms with Crippen molar-refractivity contribution < 1.29 is 13.9 Å². The summed E-state index contributed by atoms with van der Waals surface area (Å²) < 4.78 is 19.3. The van der Waals surface area contributed by atoms with E-state index in [0.29, 0.717) is 4.90 Å². The van der Waals surface area contributed by atoms with Crippen LogP contribution in [0.5, 0.6) is 0 Å². The van der Waals surface area contributed by atoms with Crippen LogP contribution in [0.25, 0.3) is 0 Å². The van der Waals surface area contributed by atoms with Crippen molar-refractivity contribution in [2.75, 3.05) is 7.11 Å². The summed E-state index contributed by atoms with van der Waals surface area (Å²) in [6.45, 7) is 4.05. The fourth-order valence-corrected chi connectivity index (χ4v) is 4.27. The van der Waals surface area contributed by atoms with E-state index in [1.165, 1.54) is 24.4 Å². The highest BCUT2D eigenvalue weighted by Crippen LogP contribution is 2.64. The van der Waals surface area contributed by atoms with E-state index < -0.39 is 0 Å². The number of thioether (sulfide) groups is 1. The smallest absolute Gasteiger partial charge is 0.309 e. The minimum atomic E-state index is -0.222. The molecule has 2 nitrogen and oxygen atoms in total. The van der Waals surface area contributed by atoms with Crippen molar-refractivity contribution in [2.24, 2.45) is 11.3 Å². The number of benzene rings is 2. The minimum Gasteiger partial charge on any atom is -0.469 e. The number of methoxy groups -OCH3 is 1. The van der Waals surface area contributed by atoms with Gasteiger partial charge in [0.1, 0.15) is 5.82 Å². The number of hydrogen-bond acceptors (Lipinski definition) is 3. The normalized spacial score (nSPS) is 21.3. The predicted octanol–water partition coefficient (Wildman–Crippen LogP) is 5.03. The van der Waals surface area contributed by atoms with Gasteiger partial charge in [0.25, 0.3) is 0 Å². The Balaban J connectivity index is 1.73. The summed E-state index contributed by atoms with van der Waals surface area (Å²) in [7, 11) is 1.40. The highest BCUT2D eigenvalue weighted by atomic mass is 32.2. The molecule has 2 aromatic rings. The van der Waals surface area contributed by atoms with Gasteiger partial charge in [-0.25, -0.2) is 4.39 Å². The van der Waals surface area contributed by atoms with Crippen LogP contribution in [0.15, 0.2) is 53.4 Å². The van der Waals surface area contributed by atoms with Crippen LogP contribution in [0, 0.1) is 17.2 Å². The molecule has 24 heavy (non-hydrogen) atoms. The Bertz CT molecular complexity index is 743. The Labute approximate surface area is 146 Å². The van der Waals surface area contributed by atoms with Gasteiger partial charge in [0, 0.05) is 16.6 Å². The summed E-state index contributed by atoms with van der Waals surface area (Å²) in [5, 5.41) is 0. The van der Waals surface area contributed by atoms with Crippen LogP contribution in [0.4, 0.5) is 4.39 Å². The largest absolute Gasteiger partial charge is 0.469 e. The molecule has 2 atom stereocenters. The van der Waals surface area contributed by atoms with Crippen molar-refractivity contribution in [3.63, 3.8) is 0 Å². The lowest BCUT2D eigenvalue weighted by molar-refractivity contribution is -0.143. The van der Waals surface area contributed by atoms with Gasteiger partial charge in [0.05, 0.1) is 13.0 Å². The maximum atomic E-state index is 14.5. The van der Waals surface area contributed by atoms with Crippen LogP contribution in [-0.4, -0.2) is 13.1 Å². The zero-order valence-electron chi connectivity index (χ0n) is 14.1. The molecule has 4 heteroatoms. The lowest BCUT2D eigenvalue weighted by Gasteiger charge is -2.07. The molecule has 0 spiro atoms. The molecule has 3 rings (SSSR count). The zero-order valence-corrected chi connectivity index (χ0v) is 14.9. The van der Waals surface area contributed by atoms with Crippen molar-refractivity contribution in [1.29, 1.82) is 0 Å². The summed E-state index contributed by atoms with van der Waals surface area (Å²) in [6, 6.07) is 15.3. The highest BCUT2D eigenvalue weighted by molar-refractivity contribution is 7.98. The standard InChI is InChI=1S/C20H21FO2S/c1-20(2)17(18(20)19(22)23-3)14-9-10-16(15(21)11-14)24-12-13-7-5-4-6-8-13/h4-11,17-18H,12H2,1-3H3/t17-,18+/m1/s1. The van der Waals surface area contributed by atoms with E-state index in [1.54, 1.807) is 6.07 Å². The average Bonchev–Trinajstić information content (AvgIpc) is 3.16. The number of halogens is 1. The van der Waals surface area contributed by atoms with Gasteiger partial charge >= 0.3 is 5.97 Å². The molecule has 2 aromatic carbocycles. The second-order valence-corrected chi connectivity index (χ2v) is 7.78. The van der Waals surface area contributed by atoms with Gasteiger partial charge in [0.2, 0.25) is 0 Å². The molecular formula is C20H21FO2S. The molecule has 1 aliphatic rings. The third-order valence-electron chi connectivity index (χ3n) is 4.83. The maximum absolute atomic E-state index is 14.5. The Kier molecular flexibility index (Phi) is 4.68. The van der Waals surface area contributed by atoms with Crippen LogP contribution in [0.1, 0.15) is 30.9 Å². The molecular weight excluding hydrogens is 323 g/mol. The molecule has 1 fully saturated rings. The van der Waals surface area contributed by atoms with E-state index in [1.807, 2.05) is 56.3 Å². The maximum Gasteiger partial charge on any atom is 0.309 e. The number of esters is 1. The van der Waals surface area contributed by atoms with Gasteiger partial charge in [0.15, 0.2) is 0 Å². The highest BCUT2D eigenvalue weighted by Gasteiger charge is 2.63. The number of hydrogen-bond donors (Lipinski definition) is 0. The first-order valence-electron chi connectivity index (χ1n) is 7.99. The molecule has 0 unspecified atom stereocenters. The fourth-order valence-electron chi connectivity index (χ4n) is 3.39. The lowest BCUT2D eigenvalue weighted by atomic mass is 10.0. The van der Waals surface area contributed by atoms with E-state index >= 15 is 0 Å². The topological polar surface area (TPSA) is 26.3 Å². The molecule has 0 saturated heterocycles. The van der Waals surface area contributed by atoms with Gasteiger partial charge < -0.3 is 4.74 Å². The SMILES string of the molecule is COC(=O)[C@@H]1[C@@H](c2ccc(SCc3ccccc3)c(F)c2)C1(C)C. The fraction of sp³-hybridized carbons (Fsp3) is 0.350. The van der Waals surface area contributed by atoms with Crippen LogP contribution in [0.2, 0.25) is 0 Å². The zero-order chi connectivity index (χ0) is 17.3. The summed E-state index contributed by atoms with van der Waals surface area (Å²) in [4.78, 5) is 12.5. The van der Waals surface area contributed by atoms with Crippen LogP contribution >= 0.6 is 11.8 Å². The Morgan fingerprint density at radius 1 is 1.21 bits per heavy atom. The van der Waals surface area contributed by atoms with Gasteiger partial charge in [-0.1, -0.05) is 50.2 Å². The summed E-state index contributed by atoms with van der Waals surface area (Å²) in [5.41, 5.74) is 1.86. The molecule has 1 saturated carbocycles. The van der Waals surface area contributed by atoms with Crippen LogP contribution < -0.4 is 0 Å². The van der Waals surface area contributed by atoms with Gasteiger partial charge in [-0.3, -0.25) is 4.79 Å². The Morgan fingerprint density at radius 3 is 2.54 bits per heavy atom. The molecule has 0 N–H and O–H groups in total. The van der Waals surface area contributed by atoms with E-state index in [4.69, 9.17) is 4.74 Å². The molecule has 126 valence electrons. The second kappa shape index (κ2) is 6.60. The third kappa shape index (κ3) is 3.20. The van der Waals surface area contributed by atoms with Gasteiger partial charge in [-0.15, -0.1) is 11.8 Å². The summed E-state index contributed by atoms with van der Waals surface area (Å²) >= 11 is 1.49. The molecule has 0 amide bonds. The monoisotopic (exact) mass is 344 g/mol. The molecule has 0 heterocycles. The molecule has 0 aromatic heterocycles. The van der Waals surface area contributed by atoms with E-state index in [9.17, 15) is 9.18 Å². The number of ether oxygens (including phenoxy) is 1. The first-order chi connectivity index (χ1) is 11.4. The predicted molar refractivity (Wildman–Crippen MR) is 94.4 cm³/mol. The van der Waals surface area contributed by atoms with E-state index in [0.717, 1.165) is 11.3 Å². The second-order valence-electron chi connectivity index (χ2n) is 6.76. The van der Waals surface area contributed by atoms with Crippen molar-refractivity contribution in [2.45, 2.75) is 30.4 Å². The summed E-state index contributed by atoms with van der Waals surface area (Å²) in [5.74, 6) is 0.126. The van der Waals surface area contributed by atoms with E-state index in [2.05, 4.69) is 0 Å². The van der Waals surface area contributed by atoms with Crippen LogP contribution in [0.3, 0.4) is 0 Å². The van der Waals surface area contributed by atoms with Crippen molar-refractivity contribution in [1.82, 2.24) is 0 Å². The van der Waals surface area contributed by atoms with E-state index in [-0.39, 0.29) is 29.0 Å². The third-order valence-corrected chi connectivity index (χ3v) is 5.95. The van der Waals surface area contributed by atoms with Crippen molar-refractivity contribution >= 4 is 17.7 Å².